The van der Waals surface area contributed by atoms with Gasteiger partial charge in [-0.1, -0.05) is 29.3 Å². The van der Waals surface area contributed by atoms with Crippen molar-refractivity contribution in [3.8, 4) is 5.75 Å². The predicted molar refractivity (Wildman–Crippen MR) is 125 cm³/mol. The number of benzene rings is 1. The summed E-state index contributed by atoms with van der Waals surface area (Å²) in [5.74, 6) is 2.45. The number of hydrogen-bond acceptors (Lipinski definition) is 7. The van der Waals surface area contributed by atoms with Crippen molar-refractivity contribution in [1.82, 2.24) is 20.1 Å². The molecule has 0 spiro atoms. The van der Waals surface area contributed by atoms with Crippen LogP contribution >= 0.6 is 23.2 Å². The van der Waals surface area contributed by atoms with E-state index in [-0.39, 0.29) is 12.5 Å². The topological polar surface area (TPSA) is 83.5 Å². The molecule has 166 valence electrons. The molecule has 3 aromatic rings. The van der Waals surface area contributed by atoms with Crippen LogP contribution in [0.25, 0.3) is 0 Å². The summed E-state index contributed by atoms with van der Waals surface area (Å²) >= 11 is 12.0. The molecule has 0 bridgehead atoms. The van der Waals surface area contributed by atoms with Gasteiger partial charge in [0.1, 0.15) is 11.6 Å². The van der Waals surface area contributed by atoms with Gasteiger partial charge in [-0.2, -0.15) is 0 Å². The van der Waals surface area contributed by atoms with Gasteiger partial charge in [0.2, 0.25) is 0 Å². The maximum absolute atomic E-state index is 12.5. The van der Waals surface area contributed by atoms with E-state index in [2.05, 4.69) is 25.4 Å². The zero-order valence-corrected chi connectivity index (χ0v) is 19.0. The van der Waals surface area contributed by atoms with Gasteiger partial charge in [-0.15, -0.1) is 10.2 Å². The first-order valence-corrected chi connectivity index (χ1v) is 10.9. The van der Waals surface area contributed by atoms with Gasteiger partial charge in [0.05, 0.1) is 5.02 Å². The number of halogens is 2. The van der Waals surface area contributed by atoms with Gasteiger partial charge < -0.3 is 19.9 Å². The Labute approximate surface area is 196 Å². The Balaban J connectivity index is 1.26. The van der Waals surface area contributed by atoms with Gasteiger partial charge in [0.15, 0.2) is 18.2 Å². The van der Waals surface area contributed by atoms with E-state index in [4.69, 9.17) is 27.9 Å². The number of anilines is 3. The third-order valence-electron chi connectivity index (χ3n) is 5.02. The first kappa shape index (κ1) is 22.1. The molecule has 32 heavy (non-hydrogen) atoms. The van der Waals surface area contributed by atoms with E-state index < -0.39 is 0 Å². The van der Waals surface area contributed by atoms with Crippen LogP contribution in [-0.4, -0.2) is 58.8 Å². The molecule has 1 aliphatic heterocycles. The van der Waals surface area contributed by atoms with E-state index in [1.54, 1.807) is 29.3 Å². The van der Waals surface area contributed by atoms with Gasteiger partial charge in [-0.3, -0.25) is 4.79 Å². The number of rotatable bonds is 6. The quantitative estimate of drug-likeness (QED) is 0.580. The first-order valence-electron chi connectivity index (χ1n) is 10.1. The lowest BCUT2D eigenvalue weighted by Gasteiger charge is -2.35. The molecule has 0 saturated carbocycles. The van der Waals surface area contributed by atoms with E-state index in [0.29, 0.717) is 53.6 Å². The van der Waals surface area contributed by atoms with Crippen LogP contribution in [0.15, 0.2) is 48.7 Å². The van der Waals surface area contributed by atoms with Crippen molar-refractivity contribution in [2.75, 3.05) is 43.0 Å². The molecular formula is C22H22Cl2N6O2. The highest BCUT2D eigenvalue weighted by Crippen LogP contribution is 2.27. The van der Waals surface area contributed by atoms with Gasteiger partial charge in [0.25, 0.3) is 5.91 Å². The van der Waals surface area contributed by atoms with Crippen molar-refractivity contribution in [3.05, 3.63) is 64.3 Å². The Morgan fingerprint density at radius 2 is 1.81 bits per heavy atom. The molecule has 1 fully saturated rings. The highest BCUT2D eigenvalue weighted by atomic mass is 35.5. The SMILES string of the molecule is Cc1ccc(Nc2ccc(N3CCN(C(=O)COc4ccc(Cl)cc4Cl)CC3)nn2)nc1. The summed E-state index contributed by atoms with van der Waals surface area (Å²) in [6, 6.07) is 12.6. The zero-order valence-electron chi connectivity index (χ0n) is 17.5. The second-order valence-electron chi connectivity index (χ2n) is 7.35. The number of aromatic nitrogens is 3. The normalized spacial score (nSPS) is 13.7. The van der Waals surface area contributed by atoms with E-state index >= 15 is 0 Å². The molecule has 0 unspecified atom stereocenters. The van der Waals surface area contributed by atoms with Crippen LogP contribution in [-0.2, 0) is 4.79 Å². The number of pyridine rings is 1. The molecule has 10 heteroatoms. The van der Waals surface area contributed by atoms with Crippen molar-refractivity contribution in [2.45, 2.75) is 6.92 Å². The first-order chi connectivity index (χ1) is 15.5. The summed E-state index contributed by atoms with van der Waals surface area (Å²) in [6.07, 6.45) is 1.79. The van der Waals surface area contributed by atoms with Crippen LogP contribution in [0, 0.1) is 6.92 Å². The van der Waals surface area contributed by atoms with Crippen molar-refractivity contribution in [2.24, 2.45) is 0 Å². The predicted octanol–water partition coefficient (Wildman–Crippen LogP) is 3.96. The Morgan fingerprint density at radius 3 is 2.47 bits per heavy atom. The summed E-state index contributed by atoms with van der Waals surface area (Å²) < 4.78 is 5.56. The van der Waals surface area contributed by atoms with Crippen LogP contribution in [0.5, 0.6) is 5.75 Å². The van der Waals surface area contributed by atoms with Crippen molar-refractivity contribution in [3.63, 3.8) is 0 Å². The Bertz CT molecular complexity index is 1070. The molecule has 1 aliphatic rings. The number of ether oxygens (including phenoxy) is 1. The number of nitrogens with one attached hydrogen (secondary N) is 1. The molecule has 0 atom stereocenters. The van der Waals surface area contributed by atoms with Crippen molar-refractivity contribution >= 4 is 46.6 Å². The number of carbonyl (C=O) groups is 1. The van der Waals surface area contributed by atoms with E-state index in [0.717, 1.165) is 11.4 Å². The molecule has 1 N–H and O–H groups in total. The molecule has 0 aliphatic carbocycles. The molecule has 1 saturated heterocycles. The molecular weight excluding hydrogens is 451 g/mol. The summed E-state index contributed by atoms with van der Waals surface area (Å²) in [4.78, 5) is 20.7. The summed E-state index contributed by atoms with van der Waals surface area (Å²) in [5, 5.41) is 12.6. The Morgan fingerprint density at radius 1 is 1.03 bits per heavy atom. The van der Waals surface area contributed by atoms with Crippen LogP contribution in [0.4, 0.5) is 17.5 Å². The summed E-state index contributed by atoms with van der Waals surface area (Å²) in [7, 11) is 0. The number of nitrogens with zero attached hydrogens (tertiary/aromatic N) is 5. The average Bonchev–Trinajstić information content (AvgIpc) is 2.80. The van der Waals surface area contributed by atoms with Gasteiger partial charge >= 0.3 is 0 Å². The minimum atomic E-state index is -0.0908. The molecule has 2 aromatic heterocycles. The highest BCUT2D eigenvalue weighted by Gasteiger charge is 2.22. The maximum Gasteiger partial charge on any atom is 0.260 e. The van der Waals surface area contributed by atoms with E-state index in [9.17, 15) is 4.79 Å². The zero-order chi connectivity index (χ0) is 22.5. The third kappa shape index (κ3) is 5.57. The average molecular weight is 473 g/mol. The molecule has 0 radical (unpaired) electrons. The lowest BCUT2D eigenvalue weighted by molar-refractivity contribution is -0.133. The molecule has 1 amide bonds. The monoisotopic (exact) mass is 472 g/mol. The van der Waals surface area contributed by atoms with Crippen LogP contribution in [0.1, 0.15) is 5.56 Å². The van der Waals surface area contributed by atoms with Crippen LogP contribution < -0.4 is 15.0 Å². The molecule has 8 nitrogen and oxygen atoms in total. The molecule has 4 rings (SSSR count). The lowest BCUT2D eigenvalue weighted by Crippen LogP contribution is -2.50. The molecule has 3 heterocycles. The van der Waals surface area contributed by atoms with Gasteiger partial charge in [0, 0.05) is 37.4 Å². The highest BCUT2D eigenvalue weighted by molar-refractivity contribution is 6.35. The fraction of sp³-hybridized carbons (Fsp3) is 0.273. The number of piperazine rings is 1. The second kappa shape index (κ2) is 10.0. The van der Waals surface area contributed by atoms with Crippen molar-refractivity contribution < 1.29 is 9.53 Å². The fourth-order valence-corrected chi connectivity index (χ4v) is 3.70. The summed E-state index contributed by atoms with van der Waals surface area (Å²) in [5.41, 5.74) is 1.09. The van der Waals surface area contributed by atoms with Gasteiger partial charge in [-0.05, 0) is 48.9 Å². The standard InChI is InChI=1S/C22H22Cl2N6O2/c1-15-2-5-19(25-13-15)26-20-6-7-21(28-27-20)29-8-10-30(11-9-29)22(31)14-32-18-4-3-16(23)12-17(18)24/h2-7,12-13H,8-11,14H2,1H3,(H,25,26,27). The van der Waals surface area contributed by atoms with Crippen molar-refractivity contribution in [1.29, 1.82) is 0 Å². The molecule has 1 aromatic carbocycles. The minimum Gasteiger partial charge on any atom is -0.482 e. The number of aryl methyl sites for hydroxylation is 1. The maximum atomic E-state index is 12.5. The van der Waals surface area contributed by atoms with E-state index in [1.807, 2.05) is 31.2 Å². The van der Waals surface area contributed by atoms with Crippen LogP contribution in [0.3, 0.4) is 0 Å². The lowest BCUT2D eigenvalue weighted by atomic mass is 10.3. The Kier molecular flexibility index (Phi) is 6.92. The smallest absolute Gasteiger partial charge is 0.260 e. The fourth-order valence-electron chi connectivity index (χ4n) is 3.24. The largest absolute Gasteiger partial charge is 0.482 e. The van der Waals surface area contributed by atoms with E-state index in [1.165, 1.54) is 0 Å². The van der Waals surface area contributed by atoms with Crippen LogP contribution in [0.2, 0.25) is 10.0 Å². The summed E-state index contributed by atoms with van der Waals surface area (Å²) in [6.45, 7) is 4.38. The number of carbonyl (C=O) groups excluding carboxylic acids is 1. The van der Waals surface area contributed by atoms with Gasteiger partial charge in [-0.25, -0.2) is 4.98 Å². The third-order valence-corrected chi connectivity index (χ3v) is 5.55. The second-order valence-corrected chi connectivity index (χ2v) is 8.20. The minimum absolute atomic E-state index is 0.0748. The Hall–Kier alpha value is -3.10. The number of amides is 1. The number of hydrogen-bond donors (Lipinski definition) is 1.